The Labute approximate surface area is 145 Å². The van der Waals surface area contributed by atoms with Crippen molar-refractivity contribution >= 4 is 38.6 Å². The van der Waals surface area contributed by atoms with Crippen molar-refractivity contribution in [2.45, 2.75) is 25.6 Å². The third-order valence-electron chi connectivity index (χ3n) is 4.06. The summed E-state index contributed by atoms with van der Waals surface area (Å²) in [6.07, 6.45) is 3.82. The first-order valence-corrected chi connectivity index (χ1v) is 8.32. The smallest absolute Gasteiger partial charge is 0.273 e. The lowest BCUT2D eigenvalue weighted by Gasteiger charge is -2.17. The van der Waals surface area contributed by atoms with Gasteiger partial charge in [0.05, 0.1) is 5.39 Å². The summed E-state index contributed by atoms with van der Waals surface area (Å²) in [5, 5.41) is 7.35. The quantitative estimate of drug-likeness (QED) is 0.746. The van der Waals surface area contributed by atoms with Gasteiger partial charge in [-0.1, -0.05) is 22.9 Å². The summed E-state index contributed by atoms with van der Waals surface area (Å²) in [6, 6.07) is 5.01. The van der Waals surface area contributed by atoms with E-state index in [0.717, 1.165) is 6.42 Å². The lowest BCUT2D eigenvalue weighted by atomic mass is 9.92. The van der Waals surface area contributed by atoms with Gasteiger partial charge in [0.2, 0.25) is 0 Å². The van der Waals surface area contributed by atoms with Crippen LogP contribution in [0.2, 0.25) is 0 Å². The monoisotopic (exact) mass is 389 g/mol. The Bertz CT molecular complexity index is 972. The highest BCUT2D eigenvalue weighted by Crippen LogP contribution is 2.45. The summed E-state index contributed by atoms with van der Waals surface area (Å²) in [4.78, 5) is 20.6. The Morgan fingerprint density at radius 2 is 2.21 bits per heavy atom. The number of nitrogens with one attached hydrogen (secondary N) is 1. The van der Waals surface area contributed by atoms with E-state index in [4.69, 9.17) is 0 Å². The fraction of sp³-hybridized carbons (Fsp3) is 0.250. The zero-order valence-corrected chi connectivity index (χ0v) is 14.3. The van der Waals surface area contributed by atoms with Gasteiger partial charge in [0, 0.05) is 28.5 Å². The number of alkyl halides is 1. The number of carbonyl (C=O) groups excluding carboxylic acids is 1. The van der Waals surface area contributed by atoms with Crippen molar-refractivity contribution in [2.24, 2.45) is 0 Å². The first kappa shape index (κ1) is 15.2. The van der Waals surface area contributed by atoms with Crippen LogP contribution in [0.4, 0.5) is 10.1 Å². The molecule has 6 nitrogen and oxygen atoms in total. The molecule has 122 valence electrons. The lowest BCUT2D eigenvalue weighted by Crippen LogP contribution is -2.32. The molecular formula is C16H13BrFN5O. The summed E-state index contributed by atoms with van der Waals surface area (Å²) in [5.74, 6) is -0.751. The zero-order valence-electron chi connectivity index (χ0n) is 12.8. The Morgan fingerprint density at radius 3 is 3.00 bits per heavy atom. The number of fused-ring (bicyclic) bond motifs is 2. The maximum atomic E-state index is 16.0. The number of anilines is 1. The zero-order chi connectivity index (χ0) is 16.9. The lowest BCUT2D eigenvalue weighted by molar-refractivity contribution is -0.124. The van der Waals surface area contributed by atoms with Crippen LogP contribution < -0.4 is 5.32 Å². The molecule has 1 aliphatic heterocycles. The largest absolute Gasteiger partial charge is 0.322 e. The summed E-state index contributed by atoms with van der Waals surface area (Å²) in [5.41, 5.74) is -1.30. The summed E-state index contributed by atoms with van der Waals surface area (Å²) < 4.78 is 18.4. The van der Waals surface area contributed by atoms with Crippen molar-refractivity contribution < 1.29 is 9.18 Å². The maximum Gasteiger partial charge on any atom is 0.273 e. The van der Waals surface area contributed by atoms with Gasteiger partial charge < -0.3 is 5.32 Å². The molecule has 0 saturated heterocycles. The van der Waals surface area contributed by atoms with Gasteiger partial charge in [0.1, 0.15) is 12.0 Å². The molecule has 4 rings (SSSR count). The van der Waals surface area contributed by atoms with Crippen LogP contribution in [-0.2, 0) is 17.0 Å². The van der Waals surface area contributed by atoms with Gasteiger partial charge in [0.15, 0.2) is 5.65 Å². The van der Waals surface area contributed by atoms with Crippen molar-refractivity contribution in [3.63, 3.8) is 0 Å². The van der Waals surface area contributed by atoms with Gasteiger partial charge in [-0.15, -0.1) is 0 Å². The molecule has 2 aromatic heterocycles. The Morgan fingerprint density at radius 1 is 1.38 bits per heavy atom. The van der Waals surface area contributed by atoms with Gasteiger partial charge in [0.25, 0.3) is 11.6 Å². The summed E-state index contributed by atoms with van der Waals surface area (Å²) >= 11 is 3.33. The average Bonchev–Trinajstić information content (AvgIpc) is 3.08. The summed E-state index contributed by atoms with van der Waals surface area (Å²) in [6.45, 7) is 2.71. The van der Waals surface area contributed by atoms with E-state index < -0.39 is 11.6 Å². The van der Waals surface area contributed by atoms with E-state index in [1.165, 1.54) is 6.33 Å². The number of hydrogen-bond donors (Lipinski definition) is 1. The number of halogens is 2. The fourth-order valence-electron chi connectivity index (χ4n) is 2.98. The minimum Gasteiger partial charge on any atom is -0.322 e. The predicted octanol–water partition coefficient (Wildman–Crippen LogP) is 3.16. The number of benzene rings is 1. The van der Waals surface area contributed by atoms with Crippen LogP contribution in [0.25, 0.3) is 11.0 Å². The van der Waals surface area contributed by atoms with Gasteiger partial charge >= 0.3 is 0 Å². The van der Waals surface area contributed by atoms with Gasteiger partial charge in [-0.2, -0.15) is 5.10 Å². The molecule has 24 heavy (non-hydrogen) atoms. The molecule has 1 N–H and O–H groups in total. The Kier molecular flexibility index (Phi) is 3.38. The number of aryl methyl sites for hydroxylation is 1. The minimum absolute atomic E-state index is 0.0178. The third-order valence-corrected chi connectivity index (χ3v) is 4.55. The number of hydrogen-bond acceptors (Lipinski definition) is 4. The molecule has 3 aromatic rings. The minimum atomic E-state index is -2.37. The Hall–Kier alpha value is -2.35. The number of amides is 1. The van der Waals surface area contributed by atoms with Crippen LogP contribution in [0, 0.1) is 0 Å². The molecule has 1 amide bonds. The van der Waals surface area contributed by atoms with Crippen LogP contribution in [0.5, 0.6) is 0 Å². The SMILES string of the molecule is CCCn1cc2c(C3(F)C(=O)Nc4ccc(Br)cc43)ncnc2n1. The molecule has 1 aliphatic rings. The summed E-state index contributed by atoms with van der Waals surface area (Å²) in [7, 11) is 0. The standard InChI is InChI=1S/C16H13BrFN5O/c1-2-5-23-7-10-13(19-8-20-14(10)22-23)16(18)11-6-9(17)3-4-12(11)21-15(16)24/h3-4,6-8H,2,5H2,1H3,(H,21,24). The first-order chi connectivity index (χ1) is 11.5. The fourth-order valence-corrected chi connectivity index (χ4v) is 3.34. The second kappa shape index (κ2) is 5.34. The van der Waals surface area contributed by atoms with E-state index in [0.29, 0.717) is 27.7 Å². The molecule has 0 spiro atoms. The van der Waals surface area contributed by atoms with E-state index in [1.54, 1.807) is 29.1 Å². The number of rotatable bonds is 3. The highest BCUT2D eigenvalue weighted by molar-refractivity contribution is 9.10. The maximum absolute atomic E-state index is 16.0. The molecule has 1 unspecified atom stereocenters. The van der Waals surface area contributed by atoms with Crippen LogP contribution in [0.3, 0.4) is 0 Å². The number of carbonyl (C=O) groups is 1. The number of aromatic nitrogens is 4. The normalized spacial score (nSPS) is 19.5. The van der Waals surface area contributed by atoms with E-state index in [9.17, 15) is 4.79 Å². The number of nitrogens with zero attached hydrogens (tertiary/aromatic N) is 4. The Balaban J connectivity index is 1.97. The van der Waals surface area contributed by atoms with Crippen molar-refractivity contribution in [3.8, 4) is 0 Å². The first-order valence-electron chi connectivity index (χ1n) is 7.53. The second-order valence-electron chi connectivity index (χ2n) is 5.65. The van der Waals surface area contributed by atoms with Crippen molar-refractivity contribution in [3.05, 3.63) is 46.5 Å². The molecule has 0 aliphatic carbocycles. The van der Waals surface area contributed by atoms with Crippen LogP contribution in [-0.4, -0.2) is 25.7 Å². The average molecular weight is 390 g/mol. The van der Waals surface area contributed by atoms with Crippen LogP contribution in [0.1, 0.15) is 24.6 Å². The molecule has 1 atom stereocenters. The molecule has 0 radical (unpaired) electrons. The molecule has 3 heterocycles. The van der Waals surface area contributed by atoms with E-state index >= 15 is 4.39 Å². The molecule has 1 aromatic carbocycles. The van der Waals surface area contributed by atoms with Gasteiger partial charge in [-0.25, -0.2) is 14.4 Å². The van der Waals surface area contributed by atoms with E-state index in [-0.39, 0.29) is 11.3 Å². The van der Waals surface area contributed by atoms with Crippen molar-refractivity contribution in [2.75, 3.05) is 5.32 Å². The van der Waals surface area contributed by atoms with E-state index in [1.807, 2.05) is 6.92 Å². The molecule has 0 bridgehead atoms. The van der Waals surface area contributed by atoms with Gasteiger partial charge in [-0.3, -0.25) is 9.48 Å². The third kappa shape index (κ3) is 2.06. The molecule has 0 saturated carbocycles. The van der Waals surface area contributed by atoms with Crippen molar-refractivity contribution in [1.29, 1.82) is 0 Å². The van der Waals surface area contributed by atoms with Gasteiger partial charge in [-0.05, 0) is 24.6 Å². The van der Waals surface area contributed by atoms with Crippen LogP contribution >= 0.6 is 15.9 Å². The predicted molar refractivity (Wildman–Crippen MR) is 90.3 cm³/mol. The van der Waals surface area contributed by atoms with Crippen LogP contribution in [0.15, 0.2) is 35.2 Å². The highest BCUT2D eigenvalue weighted by atomic mass is 79.9. The van der Waals surface area contributed by atoms with Crippen molar-refractivity contribution in [1.82, 2.24) is 19.7 Å². The topological polar surface area (TPSA) is 72.7 Å². The molecule has 0 fully saturated rings. The molecule has 8 heteroatoms. The highest BCUT2D eigenvalue weighted by Gasteiger charge is 2.51. The molecular weight excluding hydrogens is 377 g/mol. The second-order valence-corrected chi connectivity index (χ2v) is 6.57. The van der Waals surface area contributed by atoms with E-state index in [2.05, 4.69) is 36.3 Å².